The van der Waals surface area contributed by atoms with Crippen LogP contribution in [0.25, 0.3) is 0 Å². The third kappa shape index (κ3) is 4.66. The molecule has 1 aromatic rings. The molecule has 0 radical (unpaired) electrons. The van der Waals surface area contributed by atoms with Crippen LogP contribution in [0.4, 0.5) is 0 Å². The Morgan fingerprint density at radius 3 is 2.67 bits per heavy atom. The maximum Gasteiger partial charge on any atom is 0.115 e. The fourth-order valence-electron chi connectivity index (χ4n) is 1.43. The lowest BCUT2D eigenvalue weighted by atomic mass is 10.1. The molecule has 0 aliphatic carbocycles. The highest BCUT2D eigenvalue weighted by Gasteiger charge is 2.00. The van der Waals surface area contributed by atoms with Crippen LogP contribution in [0.3, 0.4) is 0 Å². The Balaban J connectivity index is 2.30. The Hall–Kier alpha value is -1.28. The van der Waals surface area contributed by atoms with Crippen LogP contribution in [0.5, 0.6) is 5.75 Å². The number of hydrogen-bond acceptors (Lipinski definition) is 2. The first-order valence-electron chi connectivity index (χ1n) is 5.34. The van der Waals surface area contributed by atoms with E-state index in [0.717, 1.165) is 19.4 Å². The molecule has 15 heavy (non-hydrogen) atoms. The molecule has 1 unspecified atom stereocenters. The van der Waals surface area contributed by atoms with Crippen molar-refractivity contribution in [3.8, 4) is 5.75 Å². The van der Waals surface area contributed by atoms with Crippen LogP contribution in [0.2, 0.25) is 0 Å². The van der Waals surface area contributed by atoms with Crippen molar-refractivity contribution in [3.05, 3.63) is 42.5 Å². The van der Waals surface area contributed by atoms with Gasteiger partial charge in [-0.25, -0.2) is 0 Å². The van der Waals surface area contributed by atoms with Crippen molar-refractivity contribution in [2.75, 3.05) is 6.54 Å². The highest BCUT2D eigenvalue weighted by atomic mass is 16.3. The minimum Gasteiger partial charge on any atom is -0.508 e. The number of aromatic hydroxyl groups is 1. The summed E-state index contributed by atoms with van der Waals surface area (Å²) >= 11 is 0. The smallest absolute Gasteiger partial charge is 0.115 e. The Labute approximate surface area is 91.6 Å². The van der Waals surface area contributed by atoms with Gasteiger partial charge in [-0.1, -0.05) is 18.2 Å². The quantitative estimate of drug-likeness (QED) is 0.699. The lowest BCUT2D eigenvalue weighted by molar-refractivity contribution is 0.475. The number of phenols is 1. The second-order valence-corrected chi connectivity index (χ2v) is 3.80. The van der Waals surface area contributed by atoms with Gasteiger partial charge in [-0.05, 0) is 37.5 Å². The van der Waals surface area contributed by atoms with E-state index in [4.69, 9.17) is 5.11 Å². The zero-order valence-corrected chi connectivity index (χ0v) is 9.24. The average molecular weight is 205 g/mol. The zero-order valence-electron chi connectivity index (χ0n) is 9.24. The summed E-state index contributed by atoms with van der Waals surface area (Å²) in [6.45, 7) is 6.70. The Kier molecular flexibility index (Phi) is 4.91. The summed E-state index contributed by atoms with van der Waals surface area (Å²) in [7, 11) is 0. The molecule has 1 rings (SSSR count). The highest BCUT2D eigenvalue weighted by Crippen LogP contribution is 2.11. The minimum absolute atomic E-state index is 0.330. The fourth-order valence-corrected chi connectivity index (χ4v) is 1.43. The van der Waals surface area contributed by atoms with Crippen LogP contribution < -0.4 is 5.32 Å². The number of rotatable bonds is 6. The van der Waals surface area contributed by atoms with Crippen molar-refractivity contribution in [2.24, 2.45) is 0 Å². The highest BCUT2D eigenvalue weighted by molar-refractivity contribution is 5.25. The largest absolute Gasteiger partial charge is 0.508 e. The van der Waals surface area contributed by atoms with Gasteiger partial charge in [0.15, 0.2) is 0 Å². The van der Waals surface area contributed by atoms with E-state index >= 15 is 0 Å². The third-order valence-corrected chi connectivity index (χ3v) is 2.41. The molecule has 82 valence electrons. The maximum atomic E-state index is 9.13. The molecule has 1 aromatic carbocycles. The first-order chi connectivity index (χ1) is 7.22. The molecule has 0 amide bonds. The topological polar surface area (TPSA) is 32.3 Å². The second-order valence-electron chi connectivity index (χ2n) is 3.80. The van der Waals surface area contributed by atoms with Crippen LogP contribution in [-0.4, -0.2) is 17.7 Å². The van der Waals surface area contributed by atoms with Gasteiger partial charge in [0.25, 0.3) is 0 Å². The monoisotopic (exact) mass is 205 g/mol. The Morgan fingerprint density at radius 2 is 2.07 bits per heavy atom. The molecule has 0 fully saturated rings. The summed E-state index contributed by atoms with van der Waals surface area (Å²) in [5.74, 6) is 0.330. The van der Waals surface area contributed by atoms with Gasteiger partial charge in [0.05, 0.1) is 0 Å². The molecular weight excluding hydrogens is 186 g/mol. The van der Waals surface area contributed by atoms with Crippen molar-refractivity contribution < 1.29 is 5.11 Å². The van der Waals surface area contributed by atoms with Gasteiger partial charge in [0.2, 0.25) is 0 Å². The van der Waals surface area contributed by atoms with Gasteiger partial charge in [-0.2, -0.15) is 0 Å². The van der Waals surface area contributed by atoms with E-state index in [1.165, 1.54) is 5.56 Å². The van der Waals surface area contributed by atoms with E-state index in [2.05, 4.69) is 18.8 Å². The summed E-state index contributed by atoms with van der Waals surface area (Å²) in [6.07, 6.45) is 4.00. The van der Waals surface area contributed by atoms with Gasteiger partial charge in [0, 0.05) is 12.6 Å². The van der Waals surface area contributed by atoms with Crippen molar-refractivity contribution in [1.82, 2.24) is 5.32 Å². The molecule has 0 spiro atoms. The summed E-state index contributed by atoms with van der Waals surface area (Å²) < 4.78 is 0. The summed E-state index contributed by atoms with van der Waals surface area (Å²) in [5, 5.41) is 12.5. The Bertz CT molecular complexity index is 292. The normalized spacial score (nSPS) is 12.3. The van der Waals surface area contributed by atoms with E-state index in [1.807, 2.05) is 18.2 Å². The van der Waals surface area contributed by atoms with Crippen molar-refractivity contribution in [3.63, 3.8) is 0 Å². The van der Waals surface area contributed by atoms with Crippen molar-refractivity contribution in [2.45, 2.75) is 25.8 Å². The average Bonchev–Trinajstić information content (AvgIpc) is 2.25. The number of aryl methyl sites for hydroxylation is 1. The molecule has 0 saturated heterocycles. The van der Waals surface area contributed by atoms with E-state index in [0.29, 0.717) is 11.8 Å². The second kappa shape index (κ2) is 6.25. The number of phenolic OH excluding ortho intramolecular Hbond substituents is 1. The van der Waals surface area contributed by atoms with E-state index in [9.17, 15) is 0 Å². The lowest BCUT2D eigenvalue weighted by Crippen LogP contribution is -2.26. The van der Waals surface area contributed by atoms with Gasteiger partial charge in [0.1, 0.15) is 5.75 Å². The standard InChI is InChI=1S/C13H19NO/c1-3-10-14-11(2)4-5-12-6-8-13(15)9-7-12/h3,6-9,11,14-15H,1,4-5,10H2,2H3. The first-order valence-corrected chi connectivity index (χ1v) is 5.34. The molecule has 0 aliphatic heterocycles. The third-order valence-electron chi connectivity index (χ3n) is 2.41. The predicted molar refractivity (Wildman–Crippen MR) is 64.1 cm³/mol. The molecule has 0 bridgehead atoms. The summed E-state index contributed by atoms with van der Waals surface area (Å²) in [5.41, 5.74) is 1.26. The molecule has 2 heteroatoms. The van der Waals surface area contributed by atoms with E-state index < -0.39 is 0 Å². The van der Waals surface area contributed by atoms with Crippen LogP contribution in [0.1, 0.15) is 18.9 Å². The molecular formula is C13H19NO. The van der Waals surface area contributed by atoms with Gasteiger partial charge in [-0.3, -0.25) is 0 Å². The number of benzene rings is 1. The predicted octanol–water partition coefficient (Wildman–Crippen LogP) is 2.49. The first kappa shape index (κ1) is 11.8. The maximum absolute atomic E-state index is 9.13. The molecule has 0 heterocycles. The lowest BCUT2D eigenvalue weighted by Gasteiger charge is -2.11. The van der Waals surface area contributed by atoms with Gasteiger partial charge >= 0.3 is 0 Å². The summed E-state index contributed by atoms with van der Waals surface area (Å²) in [6, 6.07) is 7.90. The van der Waals surface area contributed by atoms with Crippen LogP contribution in [0, 0.1) is 0 Å². The van der Waals surface area contributed by atoms with Crippen LogP contribution in [0.15, 0.2) is 36.9 Å². The number of nitrogens with one attached hydrogen (secondary N) is 1. The number of hydrogen-bond donors (Lipinski definition) is 2. The minimum atomic E-state index is 0.330. The van der Waals surface area contributed by atoms with Crippen molar-refractivity contribution in [1.29, 1.82) is 0 Å². The molecule has 2 N–H and O–H groups in total. The van der Waals surface area contributed by atoms with E-state index in [-0.39, 0.29) is 0 Å². The molecule has 0 aromatic heterocycles. The van der Waals surface area contributed by atoms with E-state index in [1.54, 1.807) is 12.1 Å². The van der Waals surface area contributed by atoms with Crippen LogP contribution in [-0.2, 0) is 6.42 Å². The van der Waals surface area contributed by atoms with Gasteiger partial charge in [-0.15, -0.1) is 6.58 Å². The molecule has 1 atom stereocenters. The molecule has 0 aliphatic rings. The Morgan fingerprint density at radius 1 is 1.40 bits per heavy atom. The SMILES string of the molecule is C=CCNC(C)CCc1ccc(O)cc1. The fraction of sp³-hybridized carbons (Fsp3) is 0.385. The van der Waals surface area contributed by atoms with Gasteiger partial charge < -0.3 is 10.4 Å². The molecule has 0 saturated carbocycles. The van der Waals surface area contributed by atoms with Crippen LogP contribution >= 0.6 is 0 Å². The van der Waals surface area contributed by atoms with Crippen molar-refractivity contribution >= 4 is 0 Å². The summed E-state index contributed by atoms with van der Waals surface area (Å²) in [4.78, 5) is 0. The zero-order chi connectivity index (χ0) is 11.1. The molecule has 2 nitrogen and oxygen atoms in total.